The Balaban J connectivity index is 0.623. The van der Waals surface area contributed by atoms with Gasteiger partial charge in [0.1, 0.15) is 12.4 Å². The molecule has 3 aromatic carbocycles. The Kier molecular flexibility index (Phi) is 14.1. The summed E-state index contributed by atoms with van der Waals surface area (Å²) in [4.78, 5) is 81.7. The van der Waals surface area contributed by atoms with Gasteiger partial charge in [0, 0.05) is 71.0 Å². The van der Waals surface area contributed by atoms with Crippen LogP contribution in [0.3, 0.4) is 0 Å². The second-order valence-electron chi connectivity index (χ2n) is 20.6. The van der Waals surface area contributed by atoms with Gasteiger partial charge in [0.15, 0.2) is 11.5 Å². The van der Waals surface area contributed by atoms with Crippen LogP contribution in [0.1, 0.15) is 70.6 Å². The first kappa shape index (κ1) is 52.2. The summed E-state index contributed by atoms with van der Waals surface area (Å²) in [5, 5.41) is 6.39. The third-order valence-corrected chi connectivity index (χ3v) is 16.6. The number of aromatic nitrogens is 2. The molecule has 4 fully saturated rings. The molecule has 0 bridgehead atoms. The number of benzene rings is 3. The van der Waals surface area contributed by atoms with Gasteiger partial charge in [-0.25, -0.2) is 4.98 Å². The lowest BCUT2D eigenvalue weighted by atomic mass is 9.94. The van der Waals surface area contributed by atoms with Crippen LogP contribution in [0.4, 0.5) is 14.6 Å². The van der Waals surface area contributed by atoms with Crippen LogP contribution < -0.4 is 20.1 Å². The van der Waals surface area contributed by atoms with Crippen LogP contribution in [0.2, 0.25) is 5.02 Å². The number of halogens is 3. The number of rotatable bonds is 18. The summed E-state index contributed by atoms with van der Waals surface area (Å²) in [5.74, 6) is -1.08. The molecule has 0 spiro atoms. The highest BCUT2D eigenvalue weighted by molar-refractivity contribution is 7.19. The number of piperazine rings is 1. The van der Waals surface area contributed by atoms with E-state index >= 15 is 0 Å². The van der Waals surface area contributed by atoms with Gasteiger partial charge in [-0.3, -0.25) is 38.8 Å². The number of carbonyl (C=O) groups is 5. The highest BCUT2D eigenvalue weighted by Gasteiger charge is 2.59. The molecular formula is C57H56ClF2N7O9S. The molecule has 3 aliphatic heterocycles. The molecule has 2 saturated carbocycles. The van der Waals surface area contributed by atoms with Crippen LogP contribution in [0.25, 0.3) is 32.6 Å². The fraction of sp³-hybridized carbons (Fsp3) is 0.386. The van der Waals surface area contributed by atoms with Gasteiger partial charge in [-0.2, -0.15) is 0 Å². The number of alkyl halides is 2. The lowest BCUT2D eigenvalue weighted by molar-refractivity contribution is -0.286. The number of fused-ring (bicyclic) bond motifs is 3. The minimum absolute atomic E-state index is 0.0341. The number of nitrogens with one attached hydrogen (secondary N) is 2. The maximum Gasteiger partial charge on any atom is 0.586 e. The minimum atomic E-state index is -3.76. The molecule has 20 heteroatoms. The summed E-state index contributed by atoms with van der Waals surface area (Å²) < 4.78 is 48.9. The average molecular weight is 1090 g/mol. The molecule has 5 amide bonds. The van der Waals surface area contributed by atoms with E-state index in [0.717, 1.165) is 42.9 Å². The molecule has 3 aromatic heterocycles. The fourth-order valence-electron chi connectivity index (χ4n) is 10.9. The molecule has 4 atom stereocenters. The van der Waals surface area contributed by atoms with Crippen LogP contribution in [0.15, 0.2) is 85.1 Å². The smallest absolute Gasteiger partial charge is 0.395 e. The summed E-state index contributed by atoms with van der Waals surface area (Å²) in [5.41, 5.74) is 7.05. The first-order valence-corrected chi connectivity index (χ1v) is 26.9. The monoisotopic (exact) mass is 1090 g/mol. The molecule has 6 heterocycles. The quantitative estimate of drug-likeness (QED) is 0.0618. The largest absolute Gasteiger partial charge is 0.586 e. The van der Waals surface area contributed by atoms with Crippen LogP contribution in [0, 0.1) is 25.7 Å². The van der Waals surface area contributed by atoms with Gasteiger partial charge >= 0.3 is 6.29 Å². The number of pyridine rings is 2. The van der Waals surface area contributed by atoms with Crippen molar-refractivity contribution in [3.8, 4) is 33.9 Å². The van der Waals surface area contributed by atoms with E-state index in [-0.39, 0.29) is 104 Å². The number of thiophene rings is 1. The highest BCUT2D eigenvalue weighted by Crippen LogP contribution is 2.53. The summed E-state index contributed by atoms with van der Waals surface area (Å²) in [6.45, 7) is 10.9. The van der Waals surface area contributed by atoms with Crippen molar-refractivity contribution in [2.24, 2.45) is 11.8 Å². The normalized spacial score (nSPS) is 20.9. The summed E-state index contributed by atoms with van der Waals surface area (Å²) >= 11 is 8.27. The number of likely N-dealkylation sites (tertiary alicyclic amines) is 1. The topological polar surface area (TPSA) is 182 Å². The number of piperidine rings is 1. The van der Waals surface area contributed by atoms with E-state index in [1.807, 2.05) is 48.2 Å². The molecule has 0 radical (unpaired) electrons. The van der Waals surface area contributed by atoms with E-state index in [2.05, 4.69) is 50.8 Å². The third-order valence-electron chi connectivity index (χ3n) is 15.3. The summed E-state index contributed by atoms with van der Waals surface area (Å²) in [6.07, 6.45) is -0.257. The van der Waals surface area contributed by atoms with E-state index < -0.39 is 11.7 Å². The van der Waals surface area contributed by atoms with Crippen molar-refractivity contribution in [2.75, 3.05) is 51.4 Å². The van der Waals surface area contributed by atoms with Crippen molar-refractivity contribution in [2.45, 2.75) is 83.8 Å². The molecule has 2 N–H and O–H groups in total. The van der Waals surface area contributed by atoms with Crippen LogP contribution >= 0.6 is 22.9 Å². The van der Waals surface area contributed by atoms with Gasteiger partial charge in [0.05, 0.1) is 59.5 Å². The van der Waals surface area contributed by atoms with Gasteiger partial charge in [-0.15, -0.1) is 20.1 Å². The van der Waals surface area contributed by atoms with E-state index in [1.165, 1.54) is 17.0 Å². The van der Waals surface area contributed by atoms with Gasteiger partial charge in [-0.05, 0) is 129 Å². The molecule has 11 rings (SSSR count). The molecule has 16 nitrogen and oxygen atoms in total. The highest BCUT2D eigenvalue weighted by atomic mass is 35.5. The first-order valence-electron chi connectivity index (χ1n) is 25.7. The molecule has 6 aromatic rings. The number of aryl methyl sites for hydroxylation is 2. The number of imide groups is 1. The predicted octanol–water partition coefficient (Wildman–Crippen LogP) is 8.68. The third kappa shape index (κ3) is 10.6. The zero-order valence-electron chi connectivity index (χ0n) is 42.8. The zero-order chi connectivity index (χ0) is 53.9. The lowest BCUT2D eigenvalue weighted by Gasteiger charge is -2.45. The average Bonchev–Trinajstić information content (AvgIpc) is 4.44. The number of hydrogen-bond acceptors (Lipinski definition) is 13. The first-order chi connectivity index (χ1) is 36.9. The number of amides is 5. The van der Waals surface area contributed by atoms with Gasteiger partial charge in [-0.1, -0.05) is 35.9 Å². The van der Waals surface area contributed by atoms with Crippen LogP contribution in [0.5, 0.6) is 11.5 Å². The van der Waals surface area contributed by atoms with Crippen molar-refractivity contribution in [1.82, 2.24) is 30.0 Å². The van der Waals surface area contributed by atoms with Crippen molar-refractivity contribution in [3.05, 3.63) is 123 Å². The Morgan fingerprint density at radius 1 is 0.844 bits per heavy atom. The van der Waals surface area contributed by atoms with E-state index in [4.69, 9.17) is 26.1 Å². The molecular weight excluding hydrogens is 1030 g/mol. The van der Waals surface area contributed by atoms with Gasteiger partial charge < -0.3 is 34.5 Å². The second kappa shape index (κ2) is 20.8. The van der Waals surface area contributed by atoms with Crippen LogP contribution in [-0.2, 0) is 47.2 Å². The summed E-state index contributed by atoms with van der Waals surface area (Å²) in [6, 6.07) is 22.9. The molecule has 77 heavy (non-hydrogen) atoms. The Morgan fingerprint density at radius 3 is 2.36 bits per heavy atom. The Labute approximate surface area is 452 Å². The number of nitrogens with zero attached hydrogens (tertiary/aromatic N) is 5. The van der Waals surface area contributed by atoms with Crippen molar-refractivity contribution >= 4 is 68.5 Å². The van der Waals surface area contributed by atoms with E-state index in [0.29, 0.717) is 72.1 Å². The SMILES string of the molecule is Cc1ccc(NC(=O)C2(c3ccc4c(c3)OC(F)(F)O4)CC2)nc1-c1cccc(C(=O)NCCOCCOCC(=O)N2C[C@H](C)N(Cc3c(C)cc(Cl)cc3-c3ccnc4cc(CN5C(=O)C6CC6C5=O)sc34)[C@@H](C)C2)c1. The van der Waals surface area contributed by atoms with Crippen LogP contribution in [-0.4, -0.2) is 119 Å². The number of anilines is 1. The number of hydrogen-bond donors (Lipinski definition) is 2. The standard InChI is InChI=1S/C57H56ClF2N7O9S/c1-31-8-11-48(64-55(72)56(13-14-56)37-9-10-46-47(22-37)76-57(59,60)75-46)63-50(31)35-6-5-7-36(21-35)52(69)62-16-17-73-18-19-74-30-49(68)65-26-33(3)66(34(4)27-65)29-44-32(2)20-38(58)23-41(44)40-12-15-61-45-24-39(77-51(40)45)28-67-53(70)42-25-43(42)54(67)71/h5-12,15,20-24,33-34,42-43H,13-14,16-19,25-30H2,1-4H3,(H,62,69)(H,63,64,72)/t33-,34-,42?,43?/m0/s1. The Hall–Kier alpha value is -6.90. The van der Waals surface area contributed by atoms with E-state index in [9.17, 15) is 32.8 Å². The molecule has 5 aliphatic rings. The van der Waals surface area contributed by atoms with Crippen molar-refractivity contribution in [3.63, 3.8) is 0 Å². The van der Waals surface area contributed by atoms with Crippen molar-refractivity contribution < 1.29 is 51.7 Å². The van der Waals surface area contributed by atoms with Gasteiger partial charge in [0.25, 0.3) is 5.91 Å². The number of carbonyl (C=O) groups excluding carboxylic acids is 5. The van der Waals surface area contributed by atoms with E-state index in [1.54, 1.807) is 47.9 Å². The molecule has 2 aliphatic carbocycles. The Bertz CT molecular complexity index is 3340. The summed E-state index contributed by atoms with van der Waals surface area (Å²) in [7, 11) is 0. The fourth-order valence-corrected chi connectivity index (χ4v) is 12.3. The predicted molar refractivity (Wildman–Crippen MR) is 284 cm³/mol. The Morgan fingerprint density at radius 2 is 1.60 bits per heavy atom. The molecule has 400 valence electrons. The maximum atomic E-state index is 13.7. The van der Waals surface area contributed by atoms with Crippen molar-refractivity contribution in [1.29, 1.82) is 0 Å². The van der Waals surface area contributed by atoms with Gasteiger partial charge in [0.2, 0.25) is 23.6 Å². The minimum Gasteiger partial charge on any atom is -0.395 e. The number of ether oxygens (including phenoxy) is 4. The molecule has 2 saturated heterocycles. The zero-order valence-corrected chi connectivity index (χ0v) is 44.4. The maximum absolute atomic E-state index is 13.7. The second-order valence-corrected chi connectivity index (χ2v) is 22.2. The lowest BCUT2D eigenvalue weighted by Crippen LogP contribution is -2.58. The molecule has 2 unspecified atom stereocenters.